The molecule has 1 aliphatic carbocycles. The van der Waals surface area contributed by atoms with E-state index in [0.29, 0.717) is 23.6 Å². The number of aromatic hydroxyl groups is 1. The zero-order valence-corrected chi connectivity index (χ0v) is 18.1. The molecule has 2 aromatic rings. The molecule has 1 aromatic carbocycles. The number of rotatable bonds is 5. The smallest absolute Gasteiger partial charge is 0.349 e. The van der Waals surface area contributed by atoms with Crippen LogP contribution in [0.5, 0.6) is 5.75 Å². The van der Waals surface area contributed by atoms with Gasteiger partial charge in [-0.05, 0) is 55.1 Å². The van der Waals surface area contributed by atoms with Gasteiger partial charge in [0, 0.05) is 30.0 Å². The summed E-state index contributed by atoms with van der Waals surface area (Å²) in [5.74, 6) is 6.25. The van der Waals surface area contributed by atoms with Crippen LogP contribution in [-0.2, 0) is 9.53 Å². The van der Waals surface area contributed by atoms with Crippen LogP contribution >= 0.6 is 23.1 Å². The van der Waals surface area contributed by atoms with Crippen molar-refractivity contribution < 1.29 is 19.7 Å². The first kappa shape index (κ1) is 20.8. The lowest BCUT2D eigenvalue weighted by molar-refractivity contribution is -0.165. The topological polar surface area (TPSA) is 79.7 Å². The second-order valence-corrected chi connectivity index (χ2v) is 9.79. The van der Waals surface area contributed by atoms with E-state index in [4.69, 9.17) is 4.74 Å². The maximum atomic E-state index is 12.8. The van der Waals surface area contributed by atoms with Crippen LogP contribution in [0.2, 0.25) is 0 Å². The Labute approximate surface area is 184 Å². The van der Waals surface area contributed by atoms with Gasteiger partial charge in [0.05, 0.1) is 0 Å². The van der Waals surface area contributed by atoms with Crippen molar-refractivity contribution in [3.05, 3.63) is 52.1 Å². The summed E-state index contributed by atoms with van der Waals surface area (Å²) in [5.41, 5.74) is 0.0356. The van der Waals surface area contributed by atoms with Crippen molar-refractivity contribution in [3.8, 4) is 17.6 Å². The Balaban J connectivity index is 1.52. The molecule has 156 valence electrons. The second kappa shape index (κ2) is 9.15. The fraction of sp³-hybridized carbons (Fsp3) is 0.391. The van der Waals surface area contributed by atoms with Crippen molar-refractivity contribution in [1.82, 2.24) is 4.98 Å². The summed E-state index contributed by atoms with van der Waals surface area (Å²) in [6.07, 6.45) is 7.34. The number of phenols is 1. The van der Waals surface area contributed by atoms with Crippen LogP contribution in [-0.4, -0.2) is 26.8 Å². The molecule has 2 N–H and O–H groups in total. The van der Waals surface area contributed by atoms with Gasteiger partial charge in [0.25, 0.3) is 0 Å². The molecule has 0 bridgehead atoms. The van der Waals surface area contributed by atoms with Crippen molar-refractivity contribution in [2.75, 3.05) is 0 Å². The zero-order valence-electron chi connectivity index (χ0n) is 16.5. The fourth-order valence-electron chi connectivity index (χ4n) is 4.24. The van der Waals surface area contributed by atoms with Gasteiger partial charge in [0.1, 0.15) is 22.0 Å². The van der Waals surface area contributed by atoms with Gasteiger partial charge < -0.3 is 14.9 Å². The van der Waals surface area contributed by atoms with Crippen LogP contribution in [0.15, 0.2) is 50.8 Å². The molecule has 0 saturated heterocycles. The number of carbonyl (C=O) groups is 1. The van der Waals surface area contributed by atoms with E-state index in [2.05, 4.69) is 16.8 Å². The molecule has 4 rings (SSSR count). The quantitative estimate of drug-likeness (QED) is 0.477. The van der Waals surface area contributed by atoms with Gasteiger partial charge in [0.15, 0.2) is 4.34 Å². The lowest BCUT2D eigenvalue weighted by atomic mass is 9.78. The number of thioether (sulfide) groups is 1. The summed E-state index contributed by atoms with van der Waals surface area (Å²) in [7, 11) is 0. The van der Waals surface area contributed by atoms with E-state index in [1.165, 1.54) is 23.1 Å². The molecule has 0 amide bonds. The van der Waals surface area contributed by atoms with Crippen LogP contribution in [0.1, 0.15) is 50.5 Å². The second-order valence-electron chi connectivity index (χ2n) is 7.64. The minimum atomic E-state index is -0.710. The number of aliphatic hydroxyl groups is 1. The summed E-state index contributed by atoms with van der Waals surface area (Å²) in [4.78, 5) is 17.3. The summed E-state index contributed by atoms with van der Waals surface area (Å²) >= 11 is 2.59. The van der Waals surface area contributed by atoms with Crippen molar-refractivity contribution >= 4 is 29.1 Å². The van der Waals surface area contributed by atoms with E-state index in [-0.39, 0.29) is 22.3 Å². The minimum absolute atomic E-state index is 0.0966. The molecule has 1 fully saturated rings. The molecular formula is C23H23NO4S2. The highest BCUT2D eigenvalue weighted by Gasteiger charge is 2.48. The number of hydrogen-bond acceptors (Lipinski definition) is 7. The summed E-state index contributed by atoms with van der Waals surface area (Å²) in [5, 5.41) is 22.2. The van der Waals surface area contributed by atoms with E-state index in [9.17, 15) is 15.0 Å². The molecule has 7 heteroatoms. The van der Waals surface area contributed by atoms with Crippen molar-refractivity contribution in [2.24, 2.45) is 5.92 Å². The van der Waals surface area contributed by atoms with Gasteiger partial charge in [-0.3, -0.25) is 0 Å². The molecule has 0 spiro atoms. The number of esters is 1. The Morgan fingerprint density at radius 2 is 2.13 bits per heavy atom. The first-order valence-electron chi connectivity index (χ1n) is 10.1. The highest BCUT2D eigenvalue weighted by Crippen LogP contribution is 2.47. The average molecular weight is 442 g/mol. The Hall–Kier alpha value is -2.43. The number of ether oxygens (including phenoxy) is 1. The molecule has 30 heavy (non-hydrogen) atoms. The SMILES string of the molecule is O=C1OC(CCC#Cc2cccc(O)c2)(C2CCCC2)CC(O)=C1Sc1nccs1. The van der Waals surface area contributed by atoms with E-state index >= 15 is 0 Å². The molecular weight excluding hydrogens is 418 g/mol. The standard InChI is InChI=1S/C23H23NO4S2/c25-18-10-5-7-16(14-18)6-3-4-11-23(17-8-1-2-9-17)15-19(26)20(21(27)28-23)30-22-24-12-13-29-22/h5,7,10,12-14,17,25-26H,1-2,4,8-9,11,15H2. The number of benzene rings is 1. The van der Waals surface area contributed by atoms with Gasteiger partial charge in [-0.15, -0.1) is 11.3 Å². The van der Waals surface area contributed by atoms with E-state index in [1.54, 1.807) is 24.4 Å². The molecule has 2 aliphatic rings. The van der Waals surface area contributed by atoms with Crippen molar-refractivity contribution in [3.63, 3.8) is 0 Å². The monoisotopic (exact) mass is 441 g/mol. The average Bonchev–Trinajstić information content (AvgIpc) is 3.43. The number of phenolic OH excluding ortho intramolecular Hbond substituents is 1. The fourth-order valence-corrected chi connectivity index (χ4v) is 5.81. The molecule has 1 atom stereocenters. The third-order valence-corrected chi connectivity index (χ3v) is 7.65. The van der Waals surface area contributed by atoms with Crippen LogP contribution < -0.4 is 0 Å². The third kappa shape index (κ3) is 4.66. The van der Waals surface area contributed by atoms with E-state index in [0.717, 1.165) is 31.2 Å². The van der Waals surface area contributed by atoms with Gasteiger partial charge in [-0.1, -0.05) is 30.7 Å². The predicted molar refractivity (Wildman–Crippen MR) is 117 cm³/mol. The third-order valence-electron chi connectivity index (χ3n) is 5.66. The molecule has 0 radical (unpaired) electrons. The Morgan fingerprint density at radius 3 is 2.83 bits per heavy atom. The van der Waals surface area contributed by atoms with Gasteiger partial charge in [0.2, 0.25) is 0 Å². The zero-order chi connectivity index (χ0) is 21.0. The molecule has 1 aliphatic heterocycles. The lowest BCUT2D eigenvalue weighted by Crippen LogP contribution is -2.45. The number of nitrogens with zero attached hydrogens (tertiary/aromatic N) is 1. The largest absolute Gasteiger partial charge is 0.511 e. The van der Waals surface area contributed by atoms with Gasteiger partial charge in [-0.2, -0.15) is 0 Å². The molecule has 1 unspecified atom stereocenters. The Morgan fingerprint density at radius 1 is 1.30 bits per heavy atom. The highest BCUT2D eigenvalue weighted by atomic mass is 32.2. The lowest BCUT2D eigenvalue weighted by Gasteiger charge is -2.41. The Bertz CT molecular complexity index is 1000. The molecule has 2 heterocycles. The number of cyclic esters (lactones) is 1. The molecule has 1 aromatic heterocycles. The highest BCUT2D eigenvalue weighted by molar-refractivity contribution is 8.05. The molecule has 5 nitrogen and oxygen atoms in total. The first-order chi connectivity index (χ1) is 14.6. The first-order valence-corrected chi connectivity index (χ1v) is 11.8. The number of hydrogen-bond donors (Lipinski definition) is 2. The van der Waals surface area contributed by atoms with E-state index in [1.807, 2.05) is 11.4 Å². The summed E-state index contributed by atoms with van der Waals surface area (Å²) in [6.45, 7) is 0. The maximum absolute atomic E-state index is 12.8. The number of carbonyl (C=O) groups excluding carboxylic acids is 1. The number of aliphatic hydroxyl groups excluding tert-OH is 1. The van der Waals surface area contributed by atoms with Gasteiger partial charge >= 0.3 is 5.97 Å². The van der Waals surface area contributed by atoms with Gasteiger partial charge in [-0.25, -0.2) is 9.78 Å². The van der Waals surface area contributed by atoms with Crippen LogP contribution in [0.4, 0.5) is 0 Å². The molecule has 1 saturated carbocycles. The minimum Gasteiger partial charge on any atom is -0.511 e. The van der Waals surface area contributed by atoms with Crippen molar-refractivity contribution in [1.29, 1.82) is 0 Å². The summed E-state index contributed by atoms with van der Waals surface area (Å²) in [6, 6.07) is 6.83. The predicted octanol–water partition coefficient (Wildman–Crippen LogP) is 5.42. The van der Waals surface area contributed by atoms with Crippen LogP contribution in [0.25, 0.3) is 0 Å². The normalized spacial score (nSPS) is 21.9. The van der Waals surface area contributed by atoms with E-state index < -0.39 is 11.6 Å². The van der Waals surface area contributed by atoms with Crippen LogP contribution in [0, 0.1) is 17.8 Å². The maximum Gasteiger partial charge on any atom is 0.349 e. The van der Waals surface area contributed by atoms with Crippen molar-refractivity contribution in [2.45, 2.75) is 54.9 Å². The number of aromatic nitrogens is 1. The summed E-state index contributed by atoms with van der Waals surface area (Å²) < 4.78 is 6.76. The number of thiazole rings is 1. The van der Waals surface area contributed by atoms with Crippen LogP contribution in [0.3, 0.4) is 0 Å². The Kier molecular flexibility index (Phi) is 6.35.